The van der Waals surface area contributed by atoms with Crippen LogP contribution in [-0.4, -0.2) is 23.1 Å². The fraction of sp³-hybridized carbons (Fsp3) is 0.667. The number of anilines is 1. The minimum atomic E-state index is 0.377. The van der Waals surface area contributed by atoms with Crippen LogP contribution in [-0.2, 0) is 0 Å². The maximum atomic E-state index is 5.05. The van der Waals surface area contributed by atoms with E-state index in [2.05, 4.69) is 36.1 Å². The summed E-state index contributed by atoms with van der Waals surface area (Å²) in [6.45, 7) is 6.61. The van der Waals surface area contributed by atoms with E-state index in [1.807, 2.05) is 0 Å². The molecule has 2 unspecified atom stereocenters. The molecular weight excluding hydrogens is 202 g/mol. The summed E-state index contributed by atoms with van der Waals surface area (Å²) in [4.78, 5) is 8.38. The topological polar surface area (TPSA) is 47.0 Å². The highest BCUT2D eigenvalue weighted by molar-refractivity contribution is 5.28. The van der Waals surface area contributed by atoms with Gasteiger partial charge in [0.2, 0.25) is 11.8 Å². The molecular formula is C12H21N3O. The van der Waals surface area contributed by atoms with Crippen LogP contribution in [0.2, 0.25) is 0 Å². The summed E-state index contributed by atoms with van der Waals surface area (Å²) in [5.74, 6) is 1.94. The van der Waals surface area contributed by atoms with E-state index in [9.17, 15) is 0 Å². The van der Waals surface area contributed by atoms with Crippen molar-refractivity contribution in [3.8, 4) is 5.88 Å². The second-order valence-corrected chi connectivity index (χ2v) is 4.22. The van der Waals surface area contributed by atoms with Gasteiger partial charge in [-0.2, -0.15) is 4.98 Å². The van der Waals surface area contributed by atoms with Crippen LogP contribution in [0.25, 0.3) is 0 Å². The first-order valence-corrected chi connectivity index (χ1v) is 5.79. The third kappa shape index (κ3) is 4.04. The van der Waals surface area contributed by atoms with Crippen LogP contribution in [0.1, 0.15) is 33.6 Å². The monoisotopic (exact) mass is 223 g/mol. The molecule has 90 valence electrons. The average molecular weight is 223 g/mol. The van der Waals surface area contributed by atoms with Crippen molar-refractivity contribution in [3.63, 3.8) is 0 Å². The zero-order chi connectivity index (χ0) is 12.0. The summed E-state index contributed by atoms with van der Waals surface area (Å²) in [5.41, 5.74) is 0. The van der Waals surface area contributed by atoms with Gasteiger partial charge in [0.1, 0.15) is 0 Å². The molecule has 0 bridgehead atoms. The van der Waals surface area contributed by atoms with Crippen LogP contribution in [0.4, 0.5) is 5.95 Å². The van der Waals surface area contributed by atoms with Gasteiger partial charge in [-0.25, -0.2) is 4.98 Å². The molecule has 4 nitrogen and oxygen atoms in total. The van der Waals surface area contributed by atoms with Gasteiger partial charge in [0.25, 0.3) is 0 Å². The normalized spacial score (nSPS) is 14.2. The summed E-state index contributed by atoms with van der Waals surface area (Å²) in [5, 5.41) is 3.28. The molecule has 1 aromatic heterocycles. The van der Waals surface area contributed by atoms with E-state index in [-0.39, 0.29) is 0 Å². The number of ether oxygens (including phenoxy) is 1. The summed E-state index contributed by atoms with van der Waals surface area (Å²) < 4.78 is 5.05. The van der Waals surface area contributed by atoms with Crippen molar-refractivity contribution >= 4 is 5.95 Å². The molecule has 1 N–H and O–H groups in total. The van der Waals surface area contributed by atoms with Crippen LogP contribution in [0, 0.1) is 5.92 Å². The molecule has 16 heavy (non-hydrogen) atoms. The van der Waals surface area contributed by atoms with Gasteiger partial charge in [-0.3, -0.25) is 0 Å². The predicted molar refractivity (Wildman–Crippen MR) is 65.7 cm³/mol. The second-order valence-electron chi connectivity index (χ2n) is 4.22. The van der Waals surface area contributed by atoms with E-state index in [1.165, 1.54) is 6.42 Å². The number of aromatic nitrogens is 2. The molecule has 0 spiro atoms. The Morgan fingerprint density at radius 1 is 1.44 bits per heavy atom. The number of nitrogens with one attached hydrogen (secondary N) is 1. The first-order chi connectivity index (χ1) is 7.65. The van der Waals surface area contributed by atoms with Crippen molar-refractivity contribution < 1.29 is 4.74 Å². The maximum absolute atomic E-state index is 5.05. The molecule has 0 radical (unpaired) electrons. The molecule has 0 fully saturated rings. The molecule has 2 atom stereocenters. The number of hydrogen-bond donors (Lipinski definition) is 1. The Balaban J connectivity index is 2.51. The van der Waals surface area contributed by atoms with Crippen molar-refractivity contribution in [2.45, 2.75) is 39.7 Å². The van der Waals surface area contributed by atoms with Crippen LogP contribution >= 0.6 is 0 Å². The zero-order valence-corrected chi connectivity index (χ0v) is 10.5. The molecule has 0 saturated heterocycles. The molecule has 0 saturated carbocycles. The highest BCUT2D eigenvalue weighted by Gasteiger charge is 2.08. The van der Waals surface area contributed by atoms with Gasteiger partial charge in [0, 0.05) is 18.3 Å². The van der Waals surface area contributed by atoms with Gasteiger partial charge in [0.05, 0.1) is 7.11 Å². The fourth-order valence-corrected chi connectivity index (χ4v) is 1.57. The first kappa shape index (κ1) is 12.7. The van der Waals surface area contributed by atoms with Gasteiger partial charge >= 0.3 is 0 Å². The molecule has 1 aromatic rings. The Kier molecular flexibility index (Phi) is 5.02. The Morgan fingerprint density at radius 2 is 2.19 bits per heavy atom. The molecule has 0 aliphatic carbocycles. The third-order valence-corrected chi connectivity index (χ3v) is 2.67. The molecule has 1 heterocycles. The van der Waals surface area contributed by atoms with E-state index in [0.29, 0.717) is 23.8 Å². The fourth-order valence-electron chi connectivity index (χ4n) is 1.57. The highest BCUT2D eigenvalue weighted by atomic mass is 16.5. The lowest BCUT2D eigenvalue weighted by molar-refractivity contribution is 0.397. The van der Waals surface area contributed by atoms with Crippen LogP contribution in [0.5, 0.6) is 5.88 Å². The molecule has 0 aliphatic heterocycles. The van der Waals surface area contributed by atoms with E-state index in [1.54, 1.807) is 19.4 Å². The summed E-state index contributed by atoms with van der Waals surface area (Å²) in [7, 11) is 1.61. The maximum Gasteiger partial charge on any atom is 0.226 e. The first-order valence-electron chi connectivity index (χ1n) is 5.79. The molecule has 4 heteroatoms. The lowest BCUT2D eigenvalue weighted by Crippen LogP contribution is -2.19. The summed E-state index contributed by atoms with van der Waals surface area (Å²) in [6, 6.07) is 2.12. The van der Waals surface area contributed by atoms with Gasteiger partial charge in [-0.1, -0.05) is 20.3 Å². The Morgan fingerprint density at radius 3 is 2.81 bits per heavy atom. The lowest BCUT2D eigenvalue weighted by Gasteiger charge is -2.17. The van der Waals surface area contributed by atoms with E-state index < -0.39 is 0 Å². The lowest BCUT2D eigenvalue weighted by atomic mass is 10.0. The predicted octanol–water partition coefficient (Wildman–Crippen LogP) is 2.72. The molecule has 0 aliphatic rings. The largest absolute Gasteiger partial charge is 0.481 e. The zero-order valence-electron chi connectivity index (χ0n) is 10.5. The smallest absolute Gasteiger partial charge is 0.226 e. The Hall–Kier alpha value is -1.32. The minimum absolute atomic E-state index is 0.377. The van der Waals surface area contributed by atoms with Gasteiger partial charge < -0.3 is 10.1 Å². The molecule has 0 aromatic carbocycles. The molecule has 0 amide bonds. The van der Waals surface area contributed by atoms with Crippen LogP contribution in [0.3, 0.4) is 0 Å². The number of nitrogens with zero attached hydrogens (tertiary/aromatic N) is 2. The van der Waals surface area contributed by atoms with Crippen molar-refractivity contribution in [3.05, 3.63) is 12.3 Å². The van der Waals surface area contributed by atoms with Gasteiger partial charge in [-0.15, -0.1) is 0 Å². The standard InChI is InChI=1S/C12H21N3O/c1-5-9(2)8-10(3)14-12-13-7-6-11(15-12)16-4/h6-7,9-10H,5,8H2,1-4H3,(H,13,14,15). The summed E-state index contributed by atoms with van der Waals surface area (Å²) >= 11 is 0. The van der Waals surface area contributed by atoms with Crippen molar-refractivity contribution in [1.29, 1.82) is 0 Å². The van der Waals surface area contributed by atoms with E-state index >= 15 is 0 Å². The SMILES string of the molecule is CCC(C)CC(C)Nc1nccc(OC)n1. The van der Waals surface area contributed by atoms with Crippen molar-refractivity contribution in [1.82, 2.24) is 9.97 Å². The minimum Gasteiger partial charge on any atom is -0.481 e. The highest BCUT2D eigenvalue weighted by Crippen LogP contribution is 2.13. The van der Waals surface area contributed by atoms with Crippen LogP contribution in [0.15, 0.2) is 12.3 Å². The van der Waals surface area contributed by atoms with E-state index in [4.69, 9.17) is 4.74 Å². The number of rotatable bonds is 6. The Labute approximate surface area is 97.5 Å². The van der Waals surface area contributed by atoms with E-state index in [0.717, 1.165) is 6.42 Å². The van der Waals surface area contributed by atoms with Crippen molar-refractivity contribution in [2.75, 3.05) is 12.4 Å². The average Bonchev–Trinajstić information content (AvgIpc) is 2.28. The van der Waals surface area contributed by atoms with Gasteiger partial charge in [-0.05, 0) is 19.3 Å². The Bertz CT molecular complexity index is 317. The molecule has 1 rings (SSSR count). The number of hydrogen-bond acceptors (Lipinski definition) is 4. The quantitative estimate of drug-likeness (QED) is 0.805. The van der Waals surface area contributed by atoms with Crippen molar-refractivity contribution in [2.24, 2.45) is 5.92 Å². The third-order valence-electron chi connectivity index (χ3n) is 2.67. The number of methoxy groups -OCH3 is 1. The van der Waals surface area contributed by atoms with Gasteiger partial charge in [0.15, 0.2) is 0 Å². The van der Waals surface area contributed by atoms with Crippen LogP contribution < -0.4 is 10.1 Å². The second kappa shape index (κ2) is 6.30. The summed E-state index contributed by atoms with van der Waals surface area (Å²) in [6.07, 6.45) is 4.02.